The Morgan fingerprint density at radius 2 is 2.00 bits per heavy atom. The number of carbonyl (C=O) groups excluding carboxylic acids is 1. The van der Waals surface area contributed by atoms with Crippen LogP contribution in [0.3, 0.4) is 0 Å². The lowest BCUT2D eigenvalue weighted by Gasteiger charge is -2.16. The summed E-state index contributed by atoms with van der Waals surface area (Å²) in [5.41, 5.74) is 3.56. The van der Waals surface area contributed by atoms with Gasteiger partial charge in [-0.1, -0.05) is 56.5 Å². The zero-order valence-corrected chi connectivity index (χ0v) is 11.8. The minimum atomic E-state index is -0.207. The Morgan fingerprint density at radius 1 is 1.21 bits per heavy atom. The third-order valence-corrected chi connectivity index (χ3v) is 3.56. The summed E-state index contributed by atoms with van der Waals surface area (Å²) in [7, 11) is 0. The van der Waals surface area contributed by atoms with Crippen LogP contribution in [0.5, 0.6) is 0 Å². The van der Waals surface area contributed by atoms with E-state index in [-0.39, 0.29) is 12.1 Å². The van der Waals surface area contributed by atoms with Gasteiger partial charge in [0.15, 0.2) is 0 Å². The molecule has 1 aliphatic carbocycles. The molecule has 0 amide bonds. The maximum absolute atomic E-state index is 11.3. The molecule has 0 aromatic heterocycles. The molecule has 1 atom stereocenters. The van der Waals surface area contributed by atoms with E-state index in [0.29, 0.717) is 0 Å². The molecule has 1 aromatic carbocycles. The molecule has 102 valence electrons. The molecule has 0 fully saturated rings. The molecule has 1 aliphatic rings. The maximum atomic E-state index is 11.3. The highest BCUT2D eigenvalue weighted by molar-refractivity contribution is 5.71. The monoisotopic (exact) mass is 258 g/mol. The van der Waals surface area contributed by atoms with E-state index in [1.165, 1.54) is 43.7 Å². The predicted octanol–water partition coefficient (Wildman–Crippen LogP) is 4.66. The number of hydrogen-bond acceptors (Lipinski definition) is 2. The molecule has 0 N–H and O–H groups in total. The summed E-state index contributed by atoms with van der Waals surface area (Å²) in [5.74, 6) is -0.207. The number of unbranched alkanes of at least 4 members (excludes halogenated alkanes) is 3. The topological polar surface area (TPSA) is 26.3 Å². The molecule has 0 saturated carbocycles. The normalized spacial score (nSPS) is 16.9. The van der Waals surface area contributed by atoms with Gasteiger partial charge in [-0.3, -0.25) is 4.79 Å². The molecule has 0 radical (unpaired) electrons. The molecule has 2 rings (SSSR count). The van der Waals surface area contributed by atoms with E-state index in [9.17, 15) is 4.79 Å². The quantitative estimate of drug-likeness (QED) is 0.548. The van der Waals surface area contributed by atoms with Crippen molar-refractivity contribution in [2.45, 2.75) is 52.1 Å². The minimum absolute atomic E-state index is 0.157. The fourth-order valence-corrected chi connectivity index (χ4v) is 2.62. The lowest BCUT2D eigenvalue weighted by Crippen LogP contribution is -2.08. The van der Waals surface area contributed by atoms with Gasteiger partial charge in [-0.05, 0) is 24.0 Å². The Kier molecular flexibility index (Phi) is 4.78. The minimum Gasteiger partial charge on any atom is -0.453 e. The number of hydrogen-bond donors (Lipinski definition) is 0. The summed E-state index contributed by atoms with van der Waals surface area (Å²) < 4.78 is 5.50. The molecule has 0 bridgehead atoms. The van der Waals surface area contributed by atoms with Crippen molar-refractivity contribution in [1.29, 1.82) is 0 Å². The second-order valence-electron chi connectivity index (χ2n) is 5.15. The van der Waals surface area contributed by atoms with Crippen molar-refractivity contribution in [1.82, 2.24) is 0 Å². The van der Waals surface area contributed by atoms with Crippen molar-refractivity contribution in [3.8, 4) is 0 Å². The molecule has 0 saturated heterocycles. The van der Waals surface area contributed by atoms with E-state index in [1.807, 2.05) is 12.1 Å². The van der Waals surface area contributed by atoms with E-state index in [4.69, 9.17) is 4.74 Å². The molecule has 0 spiro atoms. The molecule has 2 nitrogen and oxygen atoms in total. The standard InChI is InChI=1S/C17H22O2/c1-3-4-5-6-10-15-12-14-9-7-8-11-16(14)17(15)19-13(2)18/h7-9,11-12,17H,3-6,10H2,1-2H3. The van der Waals surface area contributed by atoms with Crippen LogP contribution in [0.1, 0.15) is 63.2 Å². The van der Waals surface area contributed by atoms with Crippen LogP contribution < -0.4 is 0 Å². The highest BCUT2D eigenvalue weighted by Gasteiger charge is 2.26. The summed E-state index contributed by atoms with van der Waals surface area (Å²) in [5, 5.41) is 0. The molecule has 0 heterocycles. The van der Waals surface area contributed by atoms with Crippen molar-refractivity contribution in [2.75, 3.05) is 0 Å². The first-order valence-electron chi connectivity index (χ1n) is 7.19. The number of ether oxygens (including phenoxy) is 1. The molecule has 1 aromatic rings. The first-order valence-corrected chi connectivity index (χ1v) is 7.19. The smallest absolute Gasteiger partial charge is 0.303 e. The fourth-order valence-electron chi connectivity index (χ4n) is 2.62. The van der Waals surface area contributed by atoms with Gasteiger partial charge in [0, 0.05) is 12.5 Å². The summed E-state index contributed by atoms with van der Waals surface area (Å²) in [4.78, 5) is 11.3. The van der Waals surface area contributed by atoms with Gasteiger partial charge in [0.1, 0.15) is 6.10 Å². The fraction of sp³-hybridized carbons (Fsp3) is 0.471. The first-order chi connectivity index (χ1) is 9.22. The van der Waals surface area contributed by atoms with Crippen molar-refractivity contribution in [2.24, 2.45) is 0 Å². The molecule has 2 heteroatoms. The molecular formula is C17H22O2. The van der Waals surface area contributed by atoms with Crippen molar-refractivity contribution in [3.05, 3.63) is 41.0 Å². The van der Waals surface area contributed by atoms with Crippen LogP contribution in [0.2, 0.25) is 0 Å². The van der Waals surface area contributed by atoms with Crippen LogP contribution in [0.15, 0.2) is 29.8 Å². The van der Waals surface area contributed by atoms with Crippen molar-refractivity contribution >= 4 is 12.0 Å². The highest BCUT2D eigenvalue weighted by Crippen LogP contribution is 2.39. The first kappa shape index (κ1) is 13.9. The Labute approximate surface area is 115 Å². The van der Waals surface area contributed by atoms with Gasteiger partial charge in [0.2, 0.25) is 0 Å². The second kappa shape index (κ2) is 6.55. The summed E-state index contributed by atoms with van der Waals surface area (Å²) in [6.07, 6.45) is 7.99. The van der Waals surface area contributed by atoms with Crippen LogP contribution >= 0.6 is 0 Å². The number of benzene rings is 1. The Morgan fingerprint density at radius 3 is 2.74 bits per heavy atom. The van der Waals surface area contributed by atoms with Crippen LogP contribution in [0, 0.1) is 0 Å². The molecule has 0 aliphatic heterocycles. The van der Waals surface area contributed by atoms with Crippen LogP contribution in [-0.2, 0) is 9.53 Å². The average molecular weight is 258 g/mol. The number of rotatable bonds is 6. The Bertz CT molecular complexity index is 474. The van der Waals surface area contributed by atoms with E-state index in [1.54, 1.807) is 0 Å². The SMILES string of the molecule is CCCCCCC1=Cc2ccccc2C1OC(C)=O. The van der Waals surface area contributed by atoms with E-state index in [0.717, 1.165) is 12.0 Å². The summed E-state index contributed by atoms with van der Waals surface area (Å²) >= 11 is 0. The zero-order valence-electron chi connectivity index (χ0n) is 11.8. The number of esters is 1. The van der Waals surface area contributed by atoms with E-state index in [2.05, 4.69) is 25.1 Å². The second-order valence-corrected chi connectivity index (χ2v) is 5.15. The Balaban J connectivity index is 2.07. The van der Waals surface area contributed by atoms with Crippen LogP contribution in [-0.4, -0.2) is 5.97 Å². The number of fused-ring (bicyclic) bond motifs is 1. The van der Waals surface area contributed by atoms with Gasteiger partial charge < -0.3 is 4.74 Å². The largest absolute Gasteiger partial charge is 0.453 e. The van der Waals surface area contributed by atoms with Gasteiger partial charge in [-0.15, -0.1) is 0 Å². The van der Waals surface area contributed by atoms with Gasteiger partial charge in [0.25, 0.3) is 0 Å². The predicted molar refractivity (Wildman–Crippen MR) is 77.7 cm³/mol. The molecule has 1 unspecified atom stereocenters. The summed E-state index contributed by atoms with van der Waals surface area (Å²) in [6.45, 7) is 3.70. The van der Waals surface area contributed by atoms with Crippen LogP contribution in [0.25, 0.3) is 6.08 Å². The van der Waals surface area contributed by atoms with Gasteiger partial charge in [-0.2, -0.15) is 0 Å². The lowest BCUT2D eigenvalue weighted by molar-refractivity contribution is -0.144. The van der Waals surface area contributed by atoms with E-state index < -0.39 is 0 Å². The van der Waals surface area contributed by atoms with Gasteiger partial charge in [-0.25, -0.2) is 0 Å². The van der Waals surface area contributed by atoms with Gasteiger partial charge in [0.05, 0.1) is 0 Å². The lowest BCUT2D eigenvalue weighted by atomic mass is 10.0. The molecular weight excluding hydrogens is 236 g/mol. The van der Waals surface area contributed by atoms with Crippen LogP contribution in [0.4, 0.5) is 0 Å². The average Bonchev–Trinajstić information content (AvgIpc) is 2.73. The maximum Gasteiger partial charge on any atom is 0.303 e. The van der Waals surface area contributed by atoms with E-state index >= 15 is 0 Å². The highest BCUT2D eigenvalue weighted by atomic mass is 16.5. The van der Waals surface area contributed by atoms with Crippen molar-refractivity contribution in [3.63, 3.8) is 0 Å². The van der Waals surface area contributed by atoms with Crippen molar-refractivity contribution < 1.29 is 9.53 Å². The summed E-state index contributed by atoms with van der Waals surface area (Å²) in [6, 6.07) is 8.17. The van der Waals surface area contributed by atoms with Gasteiger partial charge >= 0.3 is 5.97 Å². The zero-order chi connectivity index (χ0) is 13.7. The third kappa shape index (κ3) is 3.46. The number of carbonyl (C=O) groups is 1. The molecule has 19 heavy (non-hydrogen) atoms. The third-order valence-electron chi connectivity index (χ3n) is 3.56. The Hall–Kier alpha value is -1.57.